The van der Waals surface area contributed by atoms with Gasteiger partial charge >= 0.3 is 0 Å². The van der Waals surface area contributed by atoms with Crippen LogP contribution in [0, 0.1) is 0 Å². The van der Waals surface area contributed by atoms with Gasteiger partial charge in [0, 0.05) is 8.95 Å². The Kier molecular flexibility index (Phi) is 4.90. The largest absolute Gasteiger partial charge is 0.495 e. The van der Waals surface area contributed by atoms with Crippen LogP contribution < -0.4 is 4.74 Å². The van der Waals surface area contributed by atoms with Crippen LogP contribution in [-0.2, 0) is 0 Å². The molecule has 5 heteroatoms. The molecule has 2 rings (SSSR count). The summed E-state index contributed by atoms with van der Waals surface area (Å²) in [6.07, 6.45) is -0.736. The number of halogens is 3. The lowest BCUT2D eigenvalue weighted by atomic mass is 10.0. The molecule has 0 radical (unpaired) electrons. The average molecular weight is 407 g/mol. The summed E-state index contributed by atoms with van der Waals surface area (Å²) in [6, 6.07) is 10.9. The van der Waals surface area contributed by atoms with Gasteiger partial charge in [0.2, 0.25) is 0 Å². The van der Waals surface area contributed by atoms with Crippen LogP contribution in [0.15, 0.2) is 45.3 Å². The Labute approximate surface area is 133 Å². The minimum absolute atomic E-state index is 0.522. The molecule has 0 bridgehead atoms. The summed E-state index contributed by atoms with van der Waals surface area (Å²) >= 11 is 12.8. The lowest BCUT2D eigenvalue weighted by Crippen LogP contribution is -2.00. The van der Waals surface area contributed by atoms with Gasteiger partial charge in [0.1, 0.15) is 11.9 Å². The molecule has 0 aromatic heterocycles. The van der Waals surface area contributed by atoms with E-state index in [1.807, 2.05) is 18.2 Å². The molecule has 2 aromatic carbocycles. The van der Waals surface area contributed by atoms with Crippen molar-refractivity contribution in [3.05, 3.63) is 61.5 Å². The molecule has 2 aromatic rings. The normalized spacial score (nSPS) is 12.3. The Morgan fingerprint density at radius 1 is 1.05 bits per heavy atom. The third kappa shape index (κ3) is 3.51. The number of benzene rings is 2. The van der Waals surface area contributed by atoms with E-state index < -0.39 is 6.10 Å². The van der Waals surface area contributed by atoms with Crippen molar-refractivity contribution in [3.63, 3.8) is 0 Å². The number of ether oxygens (including phenoxy) is 1. The van der Waals surface area contributed by atoms with E-state index in [1.54, 1.807) is 25.3 Å². The molecule has 100 valence electrons. The Morgan fingerprint density at radius 3 is 2.26 bits per heavy atom. The van der Waals surface area contributed by atoms with E-state index in [-0.39, 0.29) is 0 Å². The van der Waals surface area contributed by atoms with Crippen molar-refractivity contribution in [2.24, 2.45) is 0 Å². The fraction of sp³-hybridized carbons (Fsp3) is 0.143. The standard InChI is InChI=1S/C14H11Br2ClO2/c1-19-13-6-8(2-3-12(13)17)14(18)9-4-10(15)7-11(16)5-9/h2-7,14,18H,1H3. The summed E-state index contributed by atoms with van der Waals surface area (Å²) in [5.41, 5.74) is 1.51. The third-order valence-electron chi connectivity index (χ3n) is 2.69. The molecule has 0 aliphatic heterocycles. The fourth-order valence-electron chi connectivity index (χ4n) is 1.77. The lowest BCUT2D eigenvalue weighted by molar-refractivity contribution is 0.219. The van der Waals surface area contributed by atoms with Crippen LogP contribution in [0.3, 0.4) is 0 Å². The van der Waals surface area contributed by atoms with Gasteiger partial charge in [0.15, 0.2) is 0 Å². The molecular formula is C14H11Br2ClO2. The first-order valence-electron chi connectivity index (χ1n) is 5.48. The minimum atomic E-state index is -0.736. The van der Waals surface area contributed by atoms with Crippen LogP contribution >= 0.6 is 43.5 Å². The number of methoxy groups -OCH3 is 1. The molecule has 0 saturated heterocycles. The van der Waals surface area contributed by atoms with Gasteiger partial charge in [-0.05, 0) is 41.5 Å². The molecule has 0 amide bonds. The van der Waals surface area contributed by atoms with Gasteiger partial charge in [-0.3, -0.25) is 0 Å². The van der Waals surface area contributed by atoms with Gasteiger partial charge in [0.25, 0.3) is 0 Å². The number of aliphatic hydroxyl groups is 1. The highest BCUT2D eigenvalue weighted by atomic mass is 79.9. The van der Waals surface area contributed by atoms with Crippen molar-refractivity contribution in [3.8, 4) is 5.75 Å². The van der Waals surface area contributed by atoms with Crippen LogP contribution in [-0.4, -0.2) is 12.2 Å². The van der Waals surface area contributed by atoms with Crippen molar-refractivity contribution in [1.82, 2.24) is 0 Å². The predicted molar refractivity (Wildman–Crippen MR) is 83.9 cm³/mol. The number of hydrogen-bond donors (Lipinski definition) is 1. The average Bonchev–Trinajstić information content (AvgIpc) is 2.37. The van der Waals surface area contributed by atoms with Crippen molar-refractivity contribution >= 4 is 43.5 Å². The predicted octanol–water partition coefficient (Wildman–Crippen LogP) is 4.96. The molecule has 0 fully saturated rings. The molecule has 0 spiro atoms. The first-order valence-corrected chi connectivity index (χ1v) is 7.45. The highest BCUT2D eigenvalue weighted by Crippen LogP contribution is 2.32. The van der Waals surface area contributed by atoms with Crippen LogP contribution in [0.4, 0.5) is 0 Å². The Bertz CT molecular complexity index is 582. The van der Waals surface area contributed by atoms with E-state index in [9.17, 15) is 5.11 Å². The molecule has 0 aliphatic carbocycles. The van der Waals surface area contributed by atoms with Crippen molar-refractivity contribution < 1.29 is 9.84 Å². The summed E-state index contributed by atoms with van der Waals surface area (Å²) in [4.78, 5) is 0. The van der Waals surface area contributed by atoms with Gasteiger partial charge in [-0.1, -0.05) is 49.5 Å². The summed E-state index contributed by atoms with van der Waals surface area (Å²) in [5, 5.41) is 10.9. The Morgan fingerprint density at radius 2 is 1.68 bits per heavy atom. The summed E-state index contributed by atoms with van der Waals surface area (Å²) < 4.78 is 6.96. The van der Waals surface area contributed by atoms with Gasteiger partial charge in [-0.25, -0.2) is 0 Å². The van der Waals surface area contributed by atoms with Crippen LogP contribution in [0.25, 0.3) is 0 Å². The topological polar surface area (TPSA) is 29.5 Å². The van der Waals surface area contributed by atoms with Gasteiger partial charge < -0.3 is 9.84 Å². The van der Waals surface area contributed by atoms with Crippen LogP contribution in [0.5, 0.6) is 5.75 Å². The second-order valence-electron chi connectivity index (χ2n) is 4.00. The van der Waals surface area contributed by atoms with E-state index in [0.29, 0.717) is 10.8 Å². The van der Waals surface area contributed by atoms with Crippen molar-refractivity contribution in [2.75, 3.05) is 7.11 Å². The molecule has 0 aliphatic rings. The first kappa shape index (κ1) is 14.9. The Balaban J connectivity index is 2.40. The molecule has 0 saturated carbocycles. The van der Waals surface area contributed by atoms with Gasteiger partial charge in [-0.15, -0.1) is 0 Å². The second kappa shape index (κ2) is 6.27. The number of rotatable bonds is 3. The van der Waals surface area contributed by atoms with E-state index >= 15 is 0 Å². The van der Waals surface area contributed by atoms with E-state index in [4.69, 9.17) is 16.3 Å². The number of aliphatic hydroxyl groups excluding tert-OH is 1. The van der Waals surface area contributed by atoms with Crippen LogP contribution in [0.2, 0.25) is 5.02 Å². The van der Waals surface area contributed by atoms with Crippen molar-refractivity contribution in [1.29, 1.82) is 0 Å². The highest BCUT2D eigenvalue weighted by Gasteiger charge is 2.14. The minimum Gasteiger partial charge on any atom is -0.495 e. The fourth-order valence-corrected chi connectivity index (χ4v) is 3.30. The molecule has 1 unspecified atom stereocenters. The monoisotopic (exact) mass is 404 g/mol. The molecule has 0 heterocycles. The van der Waals surface area contributed by atoms with Gasteiger partial charge in [-0.2, -0.15) is 0 Å². The Hall–Kier alpha value is -0.550. The lowest BCUT2D eigenvalue weighted by Gasteiger charge is -2.14. The van der Waals surface area contributed by atoms with Crippen LogP contribution in [0.1, 0.15) is 17.2 Å². The summed E-state index contributed by atoms with van der Waals surface area (Å²) in [7, 11) is 1.55. The maximum absolute atomic E-state index is 10.4. The third-order valence-corrected chi connectivity index (χ3v) is 3.92. The molecule has 19 heavy (non-hydrogen) atoms. The second-order valence-corrected chi connectivity index (χ2v) is 6.24. The first-order chi connectivity index (χ1) is 9.01. The van der Waals surface area contributed by atoms with E-state index in [2.05, 4.69) is 31.9 Å². The smallest absolute Gasteiger partial charge is 0.137 e. The molecule has 1 atom stereocenters. The summed E-state index contributed by atoms with van der Waals surface area (Å²) in [6.45, 7) is 0. The zero-order valence-corrected chi connectivity index (χ0v) is 14.0. The molecule has 1 N–H and O–H groups in total. The SMILES string of the molecule is COc1cc(C(O)c2cc(Br)cc(Br)c2)ccc1Cl. The zero-order valence-electron chi connectivity index (χ0n) is 10.0. The quantitative estimate of drug-likeness (QED) is 0.781. The van der Waals surface area contributed by atoms with E-state index in [1.165, 1.54) is 0 Å². The maximum atomic E-state index is 10.4. The van der Waals surface area contributed by atoms with E-state index in [0.717, 1.165) is 20.1 Å². The number of hydrogen-bond acceptors (Lipinski definition) is 2. The highest BCUT2D eigenvalue weighted by molar-refractivity contribution is 9.11. The van der Waals surface area contributed by atoms with Crippen molar-refractivity contribution in [2.45, 2.75) is 6.10 Å². The maximum Gasteiger partial charge on any atom is 0.137 e. The summed E-state index contributed by atoms with van der Waals surface area (Å²) in [5.74, 6) is 0.548. The van der Waals surface area contributed by atoms with Gasteiger partial charge in [0.05, 0.1) is 12.1 Å². The molecular weight excluding hydrogens is 395 g/mol. The molecule has 2 nitrogen and oxygen atoms in total. The zero-order chi connectivity index (χ0) is 14.0.